The van der Waals surface area contributed by atoms with Gasteiger partial charge in [-0.2, -0.15) is 0 Å². The van der Waals surface area contributed by atoms with Crippen LogP contribution >= 0.6 is 0 Å². The van der Waals surface area contributed by atoms with Crippen LogP contribution in [0.5, 0.6) is 0 Å². The number of aryl methyl sites for hydroxylation is 1. The maximum absolute atomic E-state index is 3.65. The van der Waals surface area contributed by atoms with Crippen LogP contribution < -0.4 is 5.32 Å². The molecule has 0 atom stereocenters. The van der Waals surface area contributed by atoms with E-state index in [1.807, 2.05) is 0 Å². The predicted molar refractivity (Wildman–Crippen MR) is 72.1 cm³/mol. The molecule has 0 spiro atoms. The molecule has 2 aromatic rings. The first kappa shape index (κ1) is 10.8. The van der Waals surface area contributed by atoms with Crippen LogP contribution in [0.15, 0.2) is 30.3 Å². The molecular weight excluding hydrogens is 208 g/mol. The van der Waals surface area contributed by atoms with Gasteiger partial charge in [-0.25, -0.2) is 0 Å². The monoisotopic (exact) mass is 228 g/mol. The average molecular weight is 228 g/mol. The molecule has 1 aromatic heterocycles. The van der Waals surface area contributed by atoms with Crippen LogP contribution in [-0.4, -0.2) is 10.6 Å². The first-order chi connectivity index (χ1) is 8.38. The molecule has 0 unspecified atom stereocenters. The maximum Gasteiger partial charge on any atom is 0.0482 e. The first-order valence-electron chi connectivity index (χ1n) is 6.69. The molecule has 1 aliphatic rings. The predicted octanol–water partition coefficient (Wildman–Crippen LogP) is 3.30. The maximum atomic E-state index is 3.65. The van der Waals surface area contributed by atoms with Crippen LogP contribution in [0.1, 0.15) is 31.9 Å². The summed E-state index contributed by atoms with van der Waals surface area (Å²) in [5, 5.41) is 5.01. The van der Waals surface area contributed by atoms with E-state index in [1.54, 1.807) is 0 Å². The number of rotatable bonds is 4. The second kappa shape index (κ2) is 4.53. The molecule has 1 aromatic carbocycles. The van der Waals surface area contributed by atoms with Gasteiger partial charge in [-0.05, 0) is 37.3 Å². The quantitative estimate of drug-likeness (QED) is 0.849. The Kier molecular flexibility index (Phi) is 2.89. The van der Waals surface area contributed by atoms with Crippen molar-refractivity contribution in [1.82, 2.24) is 9.88 Å². The van der Waals surface area contributed by atoms with E-state index in [0.29, 0.717) is 0 Å². The number of hydrogen-bond acceptors (Lipinski definition) is 1. The standard InChI is InChI=1S/C15H20N2/c1-2-17-14(11-16-13-7-5-8-13)10-12-6-3-4-9-15(12)17/h3-4,6,9-10,13,16H,2,5,7-8,11H2,1H3. The average Bonchev–Trinajstić information content (AvgIpc) is 2.64. The van der Waals surface area contributed by atoms with Crippen molar-refractivity contribution >= 4 is 10.9 Å². The van der Waals surface area contributed by atoms with Crippen LogP contribution in [0.3, 0.4) is 0 Å². The van der Waals surface area contributed by atoms with Crippen LogP contribution in [0.25, 0.3) is 10.9 Å². The second-order valence-electron chi connectivity index (χ2n) is 4.95. The van der Waals surface area contributed by atoms with Crippen LogP contribution in [0.4, 0.5) is 0 Å². The van der Waals surface area contributed by atoms with Crippen molar-refractivity contribution in [2.75, 3.05) is 0 Å². The zero-order valence-electron chi connectivity index (χ0n) is 10.4. The molecule has 2 nitrogen and oxygen atoms in total. The van der Waals surface area contributed by atoms with Crippen molar-refractivity contribution < 1.29 is 0 Å². The lowest BCUT2D eigenvalue weighted by Gasteiger charge is -2.26. The summed E-state index contributed by atoms with van der Waals surface area (Å²) in [6.07, 6.45) is 4.10. The number of fused-ring (bicyclic) bond motifs is 1. The van der Waals surface area contributed by atoms with Gasteiger partial charge in [-0.15, -0.1) is 0 Å². The van der Waals surface area contributed by atoms with Gasteiger partial charge in [0.1, 0.15) is 0 Å². The third-order valence-corrected chi connectivity index (χ3v) is 3.89. The summed E-state index contributed by atoms with van der Waals surface area (Å²) >= 11 is 0. The van der Waals surface area contributed by atoms with Gasteiger partial charge in [-0.3, -0.25) is 0 Å². The summed E-state index contributed by atoms with van der Waals surface area (Å²) in [7, 11) is 0. The molecule has 1 fully saturated rings. The van der Waals surface area contributed by atoms with Crippen LogP contribution in [-0.2, 0) is 13.1 Å². The van der Waals surface area contributed by atoms with E-state index in [2.05, 4.69) is 47.1 Å². The molecule has 2 heteroatoms. The molecule has 3 rings (SSSR count). The van der Waals surface area contributed by atoms with Crippen molar-refractivity contribution in [2.45, 2.75) is 45.3 Å². The van der Waals surface area contributed by atoms with E-state index >= 15 is 0 Å². The fourth-order valence-electron chi connectivity index (χ4n) is 2.65. The Balaban J connectivity index is 1.86. The molecule has 1 aliphatic carbocycles. The van der Waals surface area contributed by atoms with E-state index in [4.69, 9.17) is 0 Å². The van der Waals surface area contributed by atoms with Crippen molar-refractivity contribution in [2.24, 2.45) is 0 Å². The largest absolute Gasteiger partial charge is 0.344 e. The third kappa shape index (κ3) is 1.98. The molecule has 1 heterocycles. The van der Waals surface area contributed by atoms with Gasteiger partial charge < -0.3 is 9.88 Å². The van der Waals surface area contributed by atoms with E-state index < -0.39 is 0 Å². The lowest BCUT2D eigenvalue weighted by atomic mass is 9.93. The fraction of sp³-hybridized carbons (Fsp3) is 0.467. The topological polar surface area (TPSA) is 17.0 Å². The highest BCUT2D eigenvalue weighted by Crippen LogP contribution is 2.22. The highest BCUT2D eigenvalue weighted by molar-refractivity contribution is 5.81. The van der Waals surface area contributed by atoms with Gasteiger partial charge in [0, 0.05) is 30.3 Å². The Morgan fingerprint density at radius 3 is 2.82 bits per heavy atom. The highest BCUT2D eigenvalue weighted by Gasteiger charge is 2.17. The lowest BCUT2D eigenvalue weighted by Crippen LogP contribution is -2.35. The summed E-state index contributed by atoms with van der Waals surface area (Å²) in [6, 6.07) is 11.7. The minimum absolute atomic E-state index is 0.762. The molecule has 17 heavy (non-hydrogen) atoms. The second-order valence-corrected chi connectivity index (χ2v) is 4.95. The van der Waals surface area contributed by atoms with Crippen LogP contribution in [0, 0.1) is 0 Å². The van der Waals surface area contributed by atoms with Crippen molar-refractivity contribution in [3.05, 3.63) is 36.0 Å². The number of para-hydroxylation sites is 1. The van der Waals surface area contributed by atoms with Gasteiger partial charge in [0.2, 0.25) is 0 Å². The Morgan fingerprint density at radius 2 is 2.12 bits per heavy atom. The van der Waals surface area contributed by atoms with Gasteiger partial charge >= 0.3 is 0 Å². The molecule has 0 bridgehead atoms. The molecule has 1 N–H and O–H groups in total. The lowest BCUT2D eigenvalue weighted by molar-refractivity contribution is 0.335. The third-order valence-electron chi connectivity index (χ3n) is 3.89. The van der Waals surface area contributed by atoms with Gasteiger partial charge in [0.05, 0.1) is 0 Å². The molecule has 0 radical (unpaired) electrons. The number of benzene rings is 1. The Labute approximate surface area is 103 Å². The summed E-state index contributed by atoms with van der Waals surface area (Å²) in [4.78, 5) is 0. The molecule has 0 amide bonds. The molecular formula is C15H20N2. The number of nitrogens with one attached hydrogen (secondary N) is 1. The Bertz CT molecular complexity index is 509. The zero-order chi connectivity index (χ0) is 11.7. The zero-order valence-corrected chi connectivity index (χ0v) is 10.4. The summed E-state index contributed by atoms with van der Waals surface area (Å²) in [6.45, 7) is 4.28. The van der Waals surface area contributed by atoms with Crippen molar-refractivity contribution in [3.63, 3.8) is 0 Å². The molecule has 90 valence electrons. The van der Waals surface area contributed by atoms with Crippen molar-refractivity contribution in [1.29, 1.82) is 0 Å². The highest BCUT2D eigenvalue weighted by atomic mass is 15.0. The molecule has 0 saturated heterocycles. The van der Waals surface area contributed by atoms with Gasteiger partial charge in [0.25, 0.3) is 0 Å². The Hall–Kier alpha value is -1.28. The summed E-state index contributed by atoms with van der Waals surface area (Å²) in [5.74, 6) is 0. The fourth-order valence-corrected chi connectivity index (χ4v) is 2.65. The SMILES string of the molecule is CCn1c(CNC2CCC2)cc2ccccc21. The summed E-state index contributed by atoms with van der Waals surface area (Å²) in [5.41, 5.74) is 2.78. The summed E-state index contributed by atoms with van der Waals surface area (Å²) < 4.78 is 2.42. The van der Waals surface area contributed by atoms with Crippen molar-refractivity contribution in [3.8, 4) is 0 Å². The minimum Gasteiger partial charge on any atom is -0.344 e. The molecule has 1 saturated carbocycles. The number of aromatic nitrogens is 1. The molecule has 0 aliphatic heterocycles. The van der Waals surface area contributed by atoms with E-state index in [-0.39, 0.29) is 0 Å². The van der Waals surface area contributed by atoms with Gasteiger partial charge in [0.15, 0.2) is 0 Å². The minimum atomic E-state index is 0.762. The normalized spacial score (nSPS) is 16.3. The van der Waals surface area contributed by atoms with E-state index in [9.17, 15) is 0 Å². The van der Waals surface area contributed by atoms with E-state index in [1.165, 1.54) is 35.9 Å². The number of hydrogen-bond donors (Lipinski definition) is 1. The smallest absolute Gasteiger partial charge is 0.0482 e. The first-order valence-corrected chi connectivity index (χ1v) is 6.69. The Morgan fingerprint density at radius 1 is 1.29 bits per heavy atom. The van der Waals surface area contributed by atoms with Gasteiger partial charge in [-0.1, -0.05) is 24.6 Å². The number of nitrogens with zero attached hydrogens (tertiary/aromatic N) is 1. The van der Waals surface area contributed by atoms with Crippen LogP contribution in [0.2, 0.25) is 0 Å². The van der Waals surface area contributed by atoms with E-state index in [0.717, 1.165) is 19.1 Å².